The monoisotopic (exact) mass is 252 g/mol. The van der Waals surface area contributed by atoms with E-state index in [1.54, 1.807) is 0 Å². The van der Waals surface area contributed by atoms with Crippen LogP contribution in [-0.4, -0.2) is 37.1 Å². The van der Waals surface area contributed by atoms with Crippen molar-refractivity contribution in [2.24, 2.45) is 11.3 Å². The van der Waals surface area contributed by atoms with Crippen molar-refractivity contribution in [3.63, 3.8) is 0 Å². The third kappa shape index (κ3) is 2.91. The molecule has 0 spiro atoms. The van der Waals surface area contributed by atoms with Crippen LogP contribution in [-0.2, 0) is 0 Å². The van der Waals surface area contributed by atoms with Crippen molar-refractivity contribution in [2.75, 3.05) is 20.1 Å². The summed E-state index contributed by atoms with van der Waals surface area (Å²) >= 11 is 0. The average molecular weight is 252 g/mol. The van der Waals surface area contributed by atoms with Gasteiger partial charge in [0.1, 0.15) is 0 Å². The molecular weight excluding hydrogens is 220 g/mol. The number of rotatable bonds is 3. The van der Waals surface area contributed by atoms with Crippen LogP contribution >= 0.6 is 0 Å². The van der Waals surface area contributed by atoms with Crippen molar-refractivity contribution in [3.8, 4) is 0 Å². The SMILES string of the molecule is CCC1CCN(C2CCCC(C)(C)C2NC)CC1. The van der Waals surface area contributed by atoms with Crippen LogP contribution < -0.4 is 5.32 Å². The Labute approximate surface area is 114 Å². The molecule has 1 saturated heterocycles. The highest BCUT2D eigenvalue weighted by molar-refractivity contribution is 4.98. The molecule has 106 valence electrons. The Bertz CT molecular complexity index is 254. The second-order valence-electron chi connectivity index (χ2n) is 7.10. The fourth-order valence-corrected chi connectivity index (χ4v) is 4.28. The molecule has 1 heterocycles. The molecule has 2 rings (SSSR count). The van der Waals surface area contributed by atoms with Crippen LogP contribution in [0.2, 0.25) is 0 Å². The second-order valence-corrected chi connectivity index (χ2v) is 7.10. The molecule has 2 aliphatic rings. The maximum Gasteiger partial charge on any atom is 0.0271 e. The van der Waals surface area contributed by atoms with E-state index in [2.05, 4.69) is 38.0 Å². The Morgan fingerprint density at radius 3 is 2.39 bits per heavy atom. The third-order valence-electron chi connectivity index (χ3n) is 5.55. The number of likely N-dealkylation sites (tertiary alicyclic amines) is 1. The van der Waals surface area contributed by atoms with Gasteiger partial charge in [-0.1, -0.05) is 33.6 Å². The molecule has 1 saturated carbocycles. The average Bonchev–Trinajstić information content (AvgIpc) is 2.37. The minimum Gasteiger partial charge on any atom is -0.315 e. The van der Waals surface area contributed by atoms with Crippen LogP contribution in [0, 0.1) is 11.3 Å². The van der Waals surface area contributed by atoms with Crippen molar-refractivity contribution in [1.82, 2.24) is 10.2 Å². The molecule has 1 N–H and O–H groups in total. The highest BCUT2D eigenvalue weighted by Gasteiger charge is 2.41. The maximum absolute atomic E-state index is 3.63. The molecule has 2 nitrogen and oxygen atoms in total. The third-order valence-corrected chi connectivity index (χ3v) is 5.55. The van der Waals surface area contributed by atoms with Gasteiger partial charge in [0.15, 0.2) is 0 Å². The van der Waals surface area contributed by atoms with E-state index in [-0.39, 0.29) is 0 Å². The highest BCUT2D eigenvalue weighted by Crippen LogP contribution is 2.38. The minimum absolute atomic E-state index is 0.458. The Kier molecular flexibility index (Phi) is 4.71. The van der Waals surface area contributed by atoms with Gasteiger partial charge in [0, 0.05) is 12.1 Å². The number of hydrogen-bond donors (Lipinski definition) is 1. The first kappa shape index (κ1) is 14.3. The molecule has 0 radical (unpaired) electrons. The molecule has 0 aromatic heterocycles. The lowest BCUT2D eigenvalue weighted by atomic mass is 9.70. The van der Waals surface area contributed by atoms with E-state index in [1.165, 1.54) is 51.6 Å². The van der Waals surface area contributed by atoms with Crippen LogP contribution in [0.3, 0.4) is 0 Å². The molecule has 2 atom stereocenters. The quantitative estimate of drug-likeness (QED) is 0.829. The Hall–Kier alpha value is -0.0800. The second kappa shape index (κ2) is 5.92. The first-order chi connectivity index (χ1) is 8.58. The summed E-state index contributed by atoms with van der Waals surface area (Å²) in [5, 5.41) is 3.63. The van der Waals surface area contributed by atoms with E-state index in [0.717, 1.165) is 12.0 Å². The summed E-state index contributed by atoms with van der Waals surface area (Å²) < 4.78 is 0. The van der Waals surface area contributed by atoms with Crippen molar-refractivity contribution < 1.29 is 0 Å². The largest absolute Gasteiger partial charge is 0.315 e. The zero-order chi connectivity index (χ0) is 13.2. The Morgan fingerprint density at radius 2 is 1.83 bits per heavy atom. The van der Waals surface area contributed by atoms with Gasteiger partial charge in [-0.05, 0) is 57.2 Å². The molecule has 2 heteroatoms. The van der Waals surface area contributed by atoms with Crippen LogP contribution in [0.1, 0.15) is 59.3 Å². The van der Waals surface area contributed by atoms with Crippen LogP contribution in [0.15, 0.2) is 0 Å². The van der Waals surface area contributed by atoms with Crippen LogP contribution in [0.5, 0.6) is 0 Å². The summed E-state index contributed by atoms with van der Waals surface area (Å²) in [6, 6.07) is 1.45. The van der Waals surface area contributed by atoms with E-state index in [9.17, 15) is 0 Å². The minimum atomic E-state index is 0.458. The van der Waals surface area contributed by atoms with Gasteiger partial charge < -0.3 is 5.32 Å². The van der Waals surface area contributed by atoms with Gasteiger partial charge in [0.05, 0.1) is 0 Å². The molecule has 1 aliphatic heterocycles. The van der Waals surface area contributed by atoms with Gasteiger partial charge in [-0.15, -0.1) is 0 Å². The molecular formula is C16H32N2. The van der Waals surface area contributed by atoms with E-state index in [0.29, 0.717) is 11.5 Å². The van der Waals surface area contributed by atoms with Gasteiger partial charge in [-0.3, -0.25) is 4.90 Å². The van der Waals surface area contributed by atoms with Gasteiger partial charge in [-0.25, -0.2) is 0 Å². The molecule has 2 fully saturated rings. The predicted molar refractivity (Wildman–Crippen MR) is 78.9 cm³/mol. The summed E-state index contributed by atoms with van der Waals surface area (Å²) in [6.07, 6.45) is 8.39. The molecule has 18 heavy (non-hydrogen) atoms. The number of nitrogens with one attached hydrogen (secondary N) is 1. The lowest BCUT2D eigenvalue weighted by Crippen LogP contribution is -2.59. The first-order valence-corrected chi connectivity index (χ1v) is 7.99. The van der Waals surface area contributed by atoms with Crippen LogP contribution in [0.25, 0.3) is 0 Å². The topological polar surface area (TPSA) is 15.3 Å². The van der Waals surface area contributed by atoms with Crippen molar-refractivity contribution in [2.45, 2.75) is 71.4 Å². The highest BCUT2D eigenvalue weighted by atomic mass is 15.2. The summed E-state index contributed by atoms with van der Waals surface area (Å²) in [5.41, 5.74) is 0.458. The van der Waals surface area contributed by atoms with Gasteiger partial charge in [-0.2, -0.15) is 0 Å². The summed E-state index contributed by atoms with van der Waals surface area (Å²) in [4.78, 5) is 2.79. The zero-order valence-electron chi connectivity index (χ0n) is 12.8. The molecule has 0 bridgehead atoms. The van der Waals surface area contributed by atoms with Crippen molar-refractivity contribution in [3.05, 3.63) is 0 Å². The molecule has 0 aromatic carbocycles. The molecule has 0 aromatic rings. The normalized spacial score (nSPS) is 34.7. The standard InChI is InChI=1S/C16H32N2/c1-5-13-8-11-18(12-9-13)14-7-6-10-16(2,3)15(14)17-4/h13-15,17H,5-12H2,1-4H3. The predicted octanol–water partition coefficient (Wildman–Crippen LogP) is 3.28. The van der Waals surface area contributed by atoms with Gasteiger partial charge in [0.2, 0.25) is 0 Å². The Balaban J connectivity index is 1.99. The lowest BCUT2D eigenvalue weighted by Gasteiger charge is -2.50. The Morgan fingerprint density at radius 1 is 1.17 bits per heavy atom. The first-order valence-electron chi connectivity index (χ1n) is 7.99. The van der Waals surface area contributed by atoms with Gasteiger partial charge in [0.25, 0.3) is 0 Å². The van der Waals surface area contributed by atoms with Crippen molar-refractivity contribution >= 4 is 0 Å². The van der Waals surface area contributed by atoms with E-state index in [1.807, 2.05) is 0 Å². The smallest absolute Gasteiger partial charge is 0.0271 e. The van der Waals surface area contributed by atoms with Crippen LogP contribution in [0.4, 0.5) is 0 Å². The molecule has 2 unspecified atom stereocenters. The van der Waals surface area contributed by atoms with E-state index >= 15 is 0 Å². The van der Waals surface area contributed by atoms with E-state index < -0.39 is 0 Å². The summed E-state index contributed by atoms with van der Waals surface area (Å²) in [5.74, 6) is 0.992. The van der Waals surface area contributed by atoms with Gasteiger partial charge >= 0.3 is 0 Å². The number of likely N-dealkylation sites (N-methyl/N-ethyl adjacent to an activating group) is 1. The fraction of sp³-hybridized carbons (Fsp3) is 1.00. The maximum atomic E-state index is 3.63. The summed E-state index contributed by atoms with van der Waals surface area (Å²) in [6.45, 7) is 9.90. The fourth-order valence-electron chi connectivity index (χ4n) is 4.28. The van der Waals surface area contributed by atoms with E-state index in [4.69, 9.17) is 0 Å². The molecule has 0 amide bonds. The number of hydrogen-bond acceptors (Lipinski definition) is 2. The summed E-state index contributed by atoms with van der Waals surface area (Å²) in [7, 11) is 2.16. The number of piperidine rings is 1. The zero-order valence-corrected chi connectivity index (χ0v) is 12.8. The molecule has 1 aliphatic carbocycles. The number of nitrogens with zero attached hydrogens (tertiary/aromatic N) is 1. The lowest BCUT2D eigenvalue weighted by molar-refractivity contribution is 0.0313. The van der Waals surface area contributed by atoms with Crippen molar-refractivity contribution in [1.29, 1.82) is 0 Å².